The second-order valence-electron chi connectivity index (χ2n) is 13.8. The zero-order chi connectivity index (χ0) is 32.7. The Morgan fingerprint density at radius 1 is 1.13 bits per heavy atom. The molecule has 0 radical (unpaired) electrons. The van der Waals surface area contributed by atoms with Gasteiger partial charge in [0.1, 0.15) is 11.6 Å². The number of quaternary nitrogens is 1. The Bertz CT molecular complexity index is 1410. The predicted molar refractivity (Wildman–Crippen MR) is 162 cm³/mol. The summed E-state index contributed by atoms with van der Waals surface area (Å²) in [6, 6.07) is 2.83. The van der Waals surface area contributed by atoms with Gasteiger partial charge in [0.25, 0.3) is 5.91 Å². The molecule has 1 amide bonds. The van der Waals surface area contributed by atoms with Crippen LogP contribution in [0.25, 0.3) is 0 Å². The van der Waals surface area contributed by atoms with Gasteiger partial charge in [0, 0.05) is 17.9 Å². The molecule has 45 heavy (non-hydrogen) atoms. The SMILES string of the molecule is COC(=O)[C@H](Cc1ccc(O)c([NH+]([O-])O)c1)NC(=O)CON=C1C=C2CC[C@H]3[C@@H](CC[C@@]4(C)[C@H]3CC[C@@]4(O)C(C)=O)[C@@]2(C)CC1. The van der Waals surface area contributed by atoms with Crippen molar-refractivity contribution >= 4 is 29.1 Å². The lowest BCUT2D eigenvalue weighted by Gasteiger charge is -2.59. The van der Waals surface area contributed by atoms with Crippen LogP contribution < -0.4 is 10.5 Å². The van der Waals surface area contributed by atoms with Gasteiger partial charge in [-0.25, -0.2) is 10.0 Å². The summed E-state index contributed by atoms with van der Waals surface area (Å²) in [5.41, 5.74) is 0.627. The van der Waals surface area contributed by atoms with Gasteiger partial charge in [-0.2, -0.15) is 5.23 Å². The van der Waals surface area contributed by atoms with E-state index in [4.69, 9.17) is 9.57 Å². The maximum Gasteiger partial charge on any atom is 0.328 e. The van der Waals surface area contributed by atoms with E-state index in [0.717, 1.165) is 44.2 Å². The van der Waals surface area contributed by atoms with Gasteiger partial charge in [-0.15, -0.1) is 0 Å². The molecule has 1 unspecified atom stereocenters. The smallest absolute Gasteiger partial charge is 0.328 e. The molecule has 3 fully saturated rings. The van der Waals surface area contributed by atoms with Crippen molar-refractivity contribution in [2.75, 3.05) is 13.7 Å². The van der Waals surface area contributed by atoms with Crippen molar-refractivity contribution in [2.45, 2.75) is 90.2 Å². The molecule has 0 bridgehead atoms. The molecule has 4 aliphatic carbocycles. The van der Waals surface area contributed by atoms with Crippen molar-refractivity contribution < 1.29 is 44.6 Å². The number of nitrogens with one attached hydrogen (secondary N) is 2. The van der Waals surface area contributed by atoms with Crippen LogP contribution in [-0.4, -0.2) is 64.2 Å². The number of phenols is 1. The maximum absolute atomic E-state index is 12.7. The van der Waals surface area contributed by atoms with E-state index in [1.807, 2.05) is 0 Å². The molecular weight excluding hydrogens is 582 g/mol. The van der Waals surface area contributed by atoms with Gasteiger partial charge in [0.15, 0.2) is 18.1 Å². The maximum atomic E-state index is 12.7. The van der Waals surface area contributed by atoms with Gasteiger partial charge in [0.05, 0.1) is 12.8 Å². The first kappa shape index (κ1) is 33.1. The van der Waals surface area contributed by atoms with Crippen LogP contribution in [-0.2, 0) is 30.4 Å². The number of ketones is 1. The number of carbonyl (C=O) groups is 3. The average molecular weight is 628 g/mol. The third-order valence-electron chi connectivity index (χ3n) is 11.6. The highest BCUT2D eigenvalue weighted by Crippen LogP contribution is 2.67. The van der Waals surface area contributed by atoms with E-state index in [9.17, 15) is 35.0 Å². The highest BCUT2D eigenvalue weighted by molar-refractivity contribution is 5.96. The molecule has 8 atom stereocenters. The Hall–Kier alpha value is -3.32. The minimum absolute atomic E-state index is 0.0139. The van der Waals surface area contributed by atoms with Crippen molar-refractivity contribution in [3.8, 4) is 5.75 Å². The number of phenolic OH excluding ortho intramolecular Hbond substituents is 1. The Labute approximate surface area is 263 Å². The van der Waals surface area contributed by atoms with E-state index in [1.165, 1.54) is 37.8 Å². The van der Waals surface area contributed by atoms with Crippen molar-refractivity contribution in [1.29, 1.82) is 0 Å². The summed E-state index contributed by atoms with van der Waals surface area (Å²) in [6.45, 7) is 5.59. The summed E-state index contributed by atoms with van der Waals surface area (Å²) in [6.07, 6.45) is 8.86. The van der Waals surface area contributed by atoms with Crippen LogP contribution in [0.3, 0.4) is 0 Å². The molecular formula is C33H45N3O9. The molecule has 12 nitrogen and oxygen atoms in total. The molecule has 12 heteroatoms. The Morgan fingerprint density at radius 3 is 2.56 bits per heavy atom. The predicted octanol–water partition coefficient (Wildman–Crippen LogP) is 2.65. The molecule has 0 heterocycles. The summed E-state index contributed by atoms with van der Waals surface area (Å²) >= 11 is 0. The van der Waals surface area contributed by atoms with Crippen LogP contribution in [0.1, 0.15) is 77.7 Å². The first-order valence-electron chi connectivity index (χ1n) is 15.8. The zero-order valence-corrected chi connectivity index (χ0v) is 26.4. The van der Waals surface area contributed by atoms with E-state index >= 15 is 0 Å². The van der Waals surface area contributed by atoms with Gasteiger partial charge in [0.2, 0.25) is 5.69 Å². The van der Waals surface area contributed by atoms with E-state index in [1.54, 1.807) is 0 Å². The van der Waals surface area contributed by atoms with E-state index in [-0.39, 0.29) is 28.7 Å². The topological polar surface area (TPSA) is 182 Å². The molecule has 246 valence electrons. The Morgan fingerprint density at radius 2 is 1.87 bits per heavy atom. The number of aliphatic hydroxyl groups is 1. The molecule has 5 N–H and O–H groups in total. The number of hydrogen-bond acceptors (Lipinski definition) is 10. The fraction of sp³-hybridized carbons (Fsp3) is 0.636. The molecule has 1 aromatic carbocycles. The number of benzene rings is 1. The van der Waals surface area contributed by atoms with E-state index in [0.29, 0.717) is 36.2 Å². The second-order valence-corrected chi connectivity index (χ2v) is 13.8. The number of ether oxygens (including phenoxy) is 1. The number of oxime groups is 1. The minimum Gasteiger partial charge on any atom is -0.595 e. The number of aromatic hydroxyl groups is 1. The molecule has 0 aromatic heterocycles. The largest absolute Gasteiger partial charge is 0.595 e. The number of fused-ring (bicyclic) bond motifs is 5. The number of rotatable bonds is 9. The molecule has 0 aliphatic heterocycles. The molecule has 0 spiro atoms. The normalized spacial score (nSPS) is 34.4. The standard InChI is InChI=1S/C33H45N3O9/c1-19(37)33(41)14-11-25-23-7-6-21-17-22(9-12-31(21,2)24(23)10-13-32(25,33)3)35-45-18-29(39)34-26(30(40)44-4)15-20-5-8-28(38)27(16-20)36(42)43/h5,8,16-17,23-26,36,38,41-42H,6-7,9-15,18H2,1-4H3,(H,34,39)/t23-,24+,25-,26-,31-,32-,33+/m0/s1. The van der Waals surface area contributed by atoms with Crippen molar-refractivity contribution in [3.63, 3.8) is 0 Å². The first-order valence-corrected chi connectivity index (χ1v) is 15.8. The number of amides is 1. The van der Waals surface area contributed by atoms with Crippen LogP contribution in [0, 0.1) is 33.8 Å². The number of hydrogen-bond donors (Lipinski definition) is 5. The molecule has 4 aliphatic rings. The summed E-state index contributed by atoms with van der Waals surface area (Å²) in [5.74, 6) is -0.519. The monoisotopic (exact) mass is 627 g/mol. The summed E-state index contributed by atoms with van der Waals surface area (Å²) < 4.78 is 4.81. The van der Waals surface area contributed by atoms with Crippen molar-refractivity contribution in [1.82, 2.24) is 5.32 Å². The van der Waals surface area contributed by atoms with E-state index in [2.05, 4.69) is 30.4 Å². The van der Waals surface area contributed by atoms with Crippen molar-refractivity contribution in [2.24, 2.45) is 33.7 Å². The number of allylic oxidation sites excluding steroid dienone is 2. The molecule has 3 saturated carbocycles. The van der Waals surface area contributed by atoms with Gasteiger partial charge < -0.3 is 30.3 Å². The summed E-state index contributed by atoms with van der Waals surface area (Å²) in [4.78, 5) is 42.9. The highest BCUT2D eigenvalue weighted by atomic mass is 16.8. The zero-order valence-electron chi connectivity index (χ0n) is 26.4. The Kier molecular flexibility index (Phi) is 9.16. The highest BCUT2D eigenvalue weighted by Gasteiger charge is 2.65. The number of esters is 1. The van der Waals surface area contributed by atoms with E-state index < -0.39 is 41.1 Å². The fourth-order valence-electron chi connectivity index (χ4n) is 9.10. The van der Waals surface area contributed by atoms with Crippen LogP contribution in [0.5, 0.6) is 5.75 Å². The first-order chi connectivity index (χ1) is 21.2. The van der Waals surface area contributed by atoms with Crippen LogP contribution in [0.4, 0.5) is 5.69 Å². The lowest BCUT2D eigenvalue weighted by Crippen LogP contribution is -2.99. The Balaban J connectivity index is 1.20. The summed E-state index contributed by atoms with van der Waals surface area (Å²) in [5, 5.41) is 47.3. The lowest BCUT2D eigenvalue weighted by atomic mass is 9.46. The van der Waals surface area contributed by atoms with Crippen LogP contribution in [0.15, 0.2) is 35.0 Å². The van der Waals surface area contributed by atoms with Gasteiger partial charge in [-0.3, -0.25) is 9.59 Å². The number of carbonyl (C=O) groups excluding carboxylic acids is 3. The lowest BCUT2D eigenvalue weighted by molar-refractivity contribution is -0.991. The second kappa shape index (κ2) is 12.5. The molecule has 0 saturated heterocycles. The van der Waals surface area contributed by atoms with Crippen LogP contribution >= 0.6 is 0 Å². The average Bonchev–Trinajstić information content (AvgIpc) is 3.28. The quantitative estimate of drug-likeness (QED) is 0.156. The third kappa shape index (κ3) is 5.89. The van der Waals surface area contributed by atoms with Gasteiger partial charge in [-0.05, 0) is 99.2 Å². The summed E-state index contributed by atoms with van der Waals surface area (Å²) in [7, 11) is 1.19. The van der Waals surface area contributed by atoms with Gasteiger partial charge >= 0.3 is 5.97 Å². The number of Topliss-reactive ketones (excluding diaryl/α,β-unsaturated/α-hetero) is 1. The third-order valence-corrected chi connectivity index (χ3v) is 11.6. The minimum atomic E-state index is -1.32. The number of nitrogens with zero attached hydrogens (tertiary/aromatic N) is 1. The fourth-order valence-corrected chi connectivity index (χ4v) is 9.10. The van der Waals surface area contributed by atoms with Crippen molar-refractivity contribution in [3.05, 3.63) is 40.6 Å². The van der Waals surface area contributed by atoms with Crippen LogP contribution in [0.2, 0.25) is 0 Å². The molecule has 1 aromatic rings. The molecule has 5 rings (SSSR count). The van der Waals surface area contributed by atoms with Gasteiger partial charge in [-0.1, -0.05) is 30.6 Å². The number of methoxy groups -OCH3 is 1.